The molecule has 7 heteroatoms. The first-order chi connectivity index (χ1) is 9.70. The molecular formula is C14H14BrClN2O2S. The third-order valence-electron chi connectivity index (χ3n) is 3.09. The van der Waals surface area contributed by atoms with E-state index >= 15 is 0 Å². The van der Waals surface area contributed by atoms with Crippen molar-refractivity contribution in [3.8, 4) is 0 Å². The molecule has 0 radical (unpaired) electrons. The first-order valence-corrected chi connectivity index (χ1v) is 8.71. The summed E-state index contributed by atoms with van der Waals surface area (Å²) < 4.78 is 28.5. The van der Waals surface area contributed by atoms with Gasteiger partial charge in [-0.05, 0) is 55.3 Å². The van der Waals surface area contributed by atoms with E-state index in [0.717, 1.165) is 10.0 Å². The van der Waals surface area contributed by atoms with Crippen molar-refractivity contribution in [2.75, 3.05) is 10.5 Å². The number of nitrogens with one attached hydrogen (secondary N) is 1. The van der Waals surface area contributed by atoms with Gasteiger partial charge in [0.15, 0.2) is 0 Å². The monoisotopic (exact) mass is 388 g/mol. The van der Waals surface area contributed by atoms with Crippen molar-refractivity contribution >= 4 is 48.9 Å². The fourth-order valence-corrected chi connectivity index (χ4v) is 4.09. The van der Waals surface area contributed by atoms with E-state index in [1.807, 2.05) is 13.0 Å². The highest BCUT2D eigenvalue weighted by molar-refractivity contribution is 9.10. The summed E-state index contributed by atoms with van der Waals surface area (Å²) >= 11 is 9.25. The zero-order valence-electron chi connectivity index (χ0n) is 11.4. The van der Waals surface area contributed by atoms with Gasteiger partial charge in [0.25, 0.3) is 10.0 Å². The number of aryl methyl sites for hydroxylation is 1. The van der Waals surface area contributed by atoms with E-state index in [9.17, 15) is 8.42 Å². The second-order valence-corrected chi connectivity index (χ2v) is 7.69. The second-order valence-electron chi connectivity index (χ2n) is 4.68. The van der Waals surface area contributed by atoms with Gasteiger partial charge in [-0.15, -0.1) is 0 Å². The number of halogens is 2. The van der Waals surface area contributed by atoms with Crippen molar-refractivity contribution < 1.29 is 8.42 Å². The molecule has 0 spiro atoms. The van der Waals surface area contributed by atoms with Gasteiger partial charge < -0.3 is 5.73 Å². The summed E-state index contributed by atoms with van der Waals surface area (Å²) in [5, 5.41) is 0.283. The lowest BCUT2D eigenvalue weighted by atomic mass is 10.2. The first kappa shape index (κ1) is 16.1. The molecule has 0 aromatic heterocycles. The van der Waals surface area contributed by atoms with Gasteiger partial charge in [0.1, 0.15) is 0 Å². The van der Waals surface area contributed by atoms with Crippen LogP contribution in [0.1, 0.15) is 11.1 Å². The van der Waals surface area contributed by atoms with Crippen molar-refractivity contribution in [3.63, 3.8) is 0 Å². The van der Waals surface area contributed by atoms with Crippen LogP contribution in [0.25, 0.3) is 0 Å². The quantitative estimate of drug-likeness (QED) is 0.776. The molecule has 21 heavy (non-hydrogen) atoms. The summed E-state index contributed by atoms with van der Waals surface area (Å²) in [5.41, 5.74) is 7.91. The summed E-state index contributed by atoms with van der Waals surface area (Å²) in [4.78, 5) is 0.0785. The predicted octanol–water partition coefficient (Wildman–Crippen LogP) is 4.10. The minimum atomic E-state index is -3.75. The van der Waals surface area contributed by atoms with Gasteiger partial charge in [-0.2, -0.15) is 0 Å². The lowest BCUT2D eigenvalue weighted by Gasteiger charge is -2.14. The summed E-state index contributed by atoms with van der Waals surface area (Å²) in [7, 11) is -3.75. The third-order valence-corrected chi connectivity index (χ3v) is 5.29. The van der Waals surface area contributed by atoms with Crippen molar-refractivity contribution in [3.05, 3.63) is 51.0 Å². The number of benzene rings is 2. The highest BCUT2D eigenvalue weighted by Crippen LogP contribution is 2.29. The standard InChI is InChI=1S/C14H14BrClN2O2S/c1-8-5-10(15)3-4-13(8)18-21(19,20)14-7-11(16)6-12(17)9(14)2/h3-7,18H,17H2,1-2H3. The second kappa shape index (κ2) is 5.87. The minimum absolute atomic E-state index is 0.0785. The highest BCUT2D eigenvalue weighted by atomic mass is 79.9. The number of sulfonamides is 1. The van der Waals surface area contributed by atoms with E-state index in [0.29, 0.717) is 16.9 Å². The predicted molar refractivity (Wildman–Crippen MR) is 90.3 cm³/mol. The Morgan fingerprint density at radius 1 is 1.19 bits per heavy atom. The van der Waals surface area contributed by atoms with Crippen LogP contribution < -0.4 is 10.5 Å². The van der Waals surface area contributed by atoms with Crippen molar-refractivity contribution in [1.82, 2.24) is 0 Å². The van der Waals surface area contributed by atoms with Gasteiger partial charge >= 0.3 is 0 Å². The number of anilines is 2. The van der Waals surface area contributed by atoms with Crippen molar-refractivity contribution in [1.29, 1.82) is 0 Å². The first-order valence-electron chi connectivity index (χ1n) is 6.05. The maximum Gasteiger partial charge on any atom is 0.262 e. The van der Waals surface area contributed by atoms with Gasteiger partial charge in [-0.1, -0.05) is 27.5 Å². The lowest BCUT2D eigenvalue weighted by molar-refractivity contribution is 0.600. The SMILES string of the molecule is Cc1cc(Br)ccc1NS(=O)(=O)c1cc(Cl)cc(N)c1C. The van der Waals surface area contributed by atoms with E-state index in [4.69, 9.17) is 17.3 Å². The van der Waals surface area contributed by atoms with Crippen LogP contribution in [0.4, 0.5) is 11.4 Å². The Labute approximate surface area is 137 Å². The summed E-state index contributed by atoms with van der Waals surface area (Å²) in [5.74, 6) is 0. The summed E-state index contributed by atoms with van der Waals surface area (Å²) in [6.45, 7) is 3.47. The molecule has 2 aromatic carbocycles. The Hall–Kier alpha value is -1.24. The van der Waals surface area contributed by atoms with Crippen LogP contribution >= 0.6 is 27.5 Å². The zero-order chi connectivity index (χ0) is 15.8. The Morgan fingerprint density at radius 3 is 2.48 bits per heavy atom. The molecule has 112 valence electrons. The normalized spacial score (nSPS) is 11.4. The van der Waals surface area contributed by atoms with Crippen LogP contribution in [0.2, 0.25) is 5.02 Å². The number of nitrogen functional groups attached to an aromatic ring is 1. The van der Waals surface area contributed by atoms with Crippen LogP contribution in [0, 0.1) is 13.8 Å². The molecule has 0 fully saturated rings. The maximum absolute atomic E-state index is 12.5. The summed E-state index contributed by atoms with van der Waals surface area (Å²) in [6, 6.07) is 8.21. The van der Waals surface area contributed by atoms with E-state index in [2.05, 4.69) is 20.7 Å². The molecule has 0 amide bonds. The minimum Gasteiger partial charge on any atom is -0.398 e. The van der Waals surface area contributed by atoms with Crippen molar-refractivity contribution in [2.45, 2.75) is 18.7 Å². The van der Waals surface area contributed by atoms with Crippen LogP contribution in [0.3, 0.4) is 0 Å². The lowest BCUT2D eigenvalue weighted by Crippen LogP contribution is -2.15. The number of rotatable bonds is 3. The largest absolute Gasteiger partial charge is 0.398 e. The smallest absolute Gasteiger partial charge is 0.262 e. The van der Waals surface area contributed by atoms with Crippen LogP contribution in [-0.4, -0.2) is 8.42 Å². The maximum atomic E-state index is 12.5. The van der Waals surface area contributed by atoms with Gasteiger partial charge in [-0.25, -0.2) is 8.42 Å². The molecule has 3 N–H and O–H groups in total. The number of hydrogen-bond acceptors (Lipinski definition) is 3. The molecule has 2 aromatic rings. The molecule has 4 nitrogen and oxygen atoms in total. The molecule has 0 heterocycles. The van der Waals surface area contributed by atoms with Gasteiger partial charge in [-0.3, -0.25) is 4.72 Å². The average molecular weight is 390 g/mol. The molecule has 2 rings (SSSR count). The zero-order valence-corrected chi connectivity index (χ0v) is 14.6. The summed E-state index contributed by atoms with van der Waals surface area (Å²) in [6.07, 6.45) is 0. The van der Waals surface area contributed by atoms with Gasteiger partial charge in [0.05, 0.1) is 10.6 Å². The van der Waals surface area contributed by atoms with E-state index < -0.39 is 10.0 Å². The highest BCUT2D eigenvalue weighted by Gasteiger charge is 2.20. The van der Waals surface area contributed by atoms with Crippen LogP contribution in [0.5, 0.6) is 0 Å². The van der Waals surface area contributed by atoms with E-state index in [1.165, 1.54) is 12.1 Å². The van der Waals surface area contributed by atoms with E-state index in [1.54, 1.807) is 19.1 Å². The van der Waals surface area contributed by atoms with Gasteiger partial charge in [0, 0.05) is 15.2 Å². The Kier molecular flexibility index (Phi) is 4.51. The van der Waals surface area contributed by atoms with Crippen molar-refractivity contribution in [2.24, 2.45) is 0 Å². The third kappa shape index (κ3) is 3.51. The molecule has 0 atom stereocenters. The Morgan fingerprint density at radius 2 is 1.86 bits per heavy atom. The molecule has 0 bridgehead atoms. The van der Waals surface area contributed by atoms with Gasteiger partial charge in [0.2, 0.25) is 0 Å². The topological polar surface area (TPSA) is 72.2 Å². The van der Waals surface area contributed by atoms with Crippen LogP contribution in [0.15, 0.2) is 39.7 Å². The molecule has 0 aliphatic heterocycles. The molecule has 0 aliphatic rings. The number of hydrogen-bond donors (Lipinski definition) is 2. The van der Waals surface area contributed by atoms with Crippen LogP contribution in [-0.2, 0) is 10.0 Å². The fraction of sp³-hybridized carbons (Fsp3) is 0.143. The Bertz CT molecular complexity index is 807. The molecule has 0 aliphatic carbocycles. The van der Waals surface area contributed by atoms with E-state index in [-0.39, 0.29) is 9.92 Å². The molecule has 0 saturated carbocycles. The average Bonchev–Trinajstić information content (AvgIpc) is 2.37. The molecule has 0 unspecified atom stereocenters. The fourth-order valence-electron chi connectivity index (χ4n) is 1.89. The molecule has 0 saturated heterocycles. The number of nitrogens with two attached hydrogens (primary N) is 1. The Balaban J connectivity index is 2.48. The molecular weight excluding hydrogens is 376 g/mol.